The van der Waals surface area contributed by atoms with Gasteiger partial charge in [-0.2, -0.15) is 0 Å². The van der Waals surface area contributed by atoms with E-state index in [9.17, 15) is 13.2 Å². The van der Waals surface area contributed by atoms with E-state index in [-0.39, 0.29) is 11.6 Å². The number of ether oxygens (including phenoxy) is 1. The summed E-state index contributed by atoms with van der Waals surface area (Å²) in [6.07, 6.45) is 0.0532. The summed E-state index contributed by atoms with van der Waals surface area (Å²) in [4.78, 5) is 12.6. The highest BCUT2D eigenvalue weighted by Crippen LogP contribution is 2.35. The van der Waals surface area contributed by atoms with Crippen LogP contribution in [0.25, 0.3) is 0 Å². The van der Waals surface area contributed by atoms with E-state index in [1.54, 1.807) is 42.5 Å². The third kappa shape index (κ3) is 3.68. The Morgan fingerprint density at radius 2 is 1.92 bits per heavy atom. The Balaban J connectivity index is 1.88. The number of carbonyl (C=O) groups is 1. The number of fused-ring (bicyclic) bond motifs is 1. The van der Waals surface area contributed by atoms with Crippen LogP contribution in [0.4, 0.5) is 11.4 Å². The molecule has 1 aliphatic heterocycles. The number of rotatable bonds is 3. The normalized spacial score (nSPS) is 16.8. The smallest absolute Gasteiger partial charge is 0.267 e. The molecular weight excluding hydrogens is 387 g/mol. The predicted octanol–water partition coefficient (Wildman–Crippen LogP) is 3.16. The highest BCUT2D eigenvalue weighted by atomic mass is 35.5. The quantitative estimate of drug-likeness (QED) is 0.858. The second-order valence-corrected chi connectivity index (χ2v) is 8.15. The summed E-state index contributed by atoms with van der Waals surface area (Å²) in [7, 11) is -3.57. The molecule has 9 heteroatoms. The fraction of sp³-hybridized carbons (Fsp3) is 0.188. The SMILES string of the molecule is CS(=O)(=O)N1CC(C(=O)Nc2cccc(Cl)c2Cl)Oc2ccccc21. The zero-order valence-electron chi connectivity index (χ0n) is 13.1. The van der Waals surface area contributed by atoms with Crippen LogP contribution in [0.15, 0.2) is 42.5 Å². The molecule has 1 unspecified atom stereocenters. The molecule has 25 heavy (non-hydrogen) atoms. The highest BCUT2D eigenvalue weighted by molar-refractivity contribution is 7.92. The van der Waals surface area contributed by atoms with Crippen molar-refractivity contribution in [2.75, 3.05) is 22.4 Å². The summed E-state index contributed by atoms with van der Waals surface area (Å²) in [6, 6.07) is 11.5. The average molecular weight is 401 g/mol. The largest absolute Gasteiger partial charge is 0.476 e. The van der Waals surface area contributed by atoms with Gasteiger partial charge in [-0.25, -0.2) is 8.42 Å². The van der Waals surface area contributed by atoms with Crippen molar-refractivity contribution in [1.29, 1.82) is 0 Å². The fourth-order valence-corrected chi connectivity index (χ4v) is 3.73. The first-order valence-electron chi connectivity index (χ1n) is 7.25. The molecule has 2 aromatic rings. The first-order valence-corrected chi connectivity index (χ1v) is 9.86. The number of carbonyl (C=O) groups excluding carboxylic acids is 1. The Labute approximate surface area is 155 Å². The Hall–Kier alpha value is -1.96. The second-order valence-electron chi connectivity index (χ2n) is 5.46. The Morgan fingerprint density at radius 1 is 1.20 bits per heavy atom. The standard InChI is InChI=1S/C16H14Cl2N2O4S/c1-25(22,23)20-9-14(24-13-8-3-2-7-12(13)20)16(21)19-11-6-4-5-10(17)15(11)18/h2-8,14H,9H2,1H3,(H,19,21). The van der Waals surface area contributed by atoms with Crippen LogP contribution in [-0.2, 0) is 14.8 Å². The van der Waals surface area contributed by atoms with Gasteiger partial charge in [-0.15, -0.1) is 0 Å². The van der Waals surface area contributed by atoms with E-state index in [0.717, 1.165) is 10.6 Å². The van der Waals surface area contributed by atoms with Crippen molar-refractivity contribution >= 4 is 50.5 Å². The average Bonchev–Trinajstić information content (AvgIpc) is 2.57. The minimum Gasteiger partial charge on any atom is -0.476 e. The summed E-state index contributed by atoms with van der Waals surface area (Å²) in [6.45, 7) is -0.139. The molecule has 0 saturated heterocycles. The van der Waals surface area contributed by atoms with E-state index in [2.05, 4.69) is 5.32 Å². The minimum atomic E-state index is -3.57. The molecular formula is C16H14Cl2N2O4S. The topological polar surface area (TPSA) is 75.7 Å². The van der Waals surface area contributed by atoms with E-state index < -0.39 is 22.0 Å². The number of para-hydroxylation sites is 2. The first-order chi connectivity index (χ1) is 11.8. The van der Waals surface area contributed by atoms with E-state index >= 15 is 0 Å². The molecule has 0 radical (unpaired) electrons. The molecule has 1 amide bonds. The number of sulfonamides is 1. The van der Waals surface area contributed by atoms with Gasteiger partial charge in [0.15, 0.2) is 6.10 Å². The molecule has 3 rings (SSSR count). The van der Waals surface area contributed by atoms with Gasteiger partial charge in [-0.3, -0.25) is 9.10 Å². The lowest BCUT2D eigenvalue weighted by Crippen LogP contribution is -2.48. The molecule has 0 aromatic heterocycles. The maximum Gasteiger partial charge on any atom is 0.267 e. The molecule has 2 aromatic carbocycles. The summed E-state index contributed by atoms with van der Waals surface area (Å²) in [5.74, 6) is -0.205. The van der Waals surface area contributed by atoms with Crippen LogP contribution in [0.2, 0.25) is 10.0 Å². The van der Waals surface area contributed by atoms with Crippen LogP contribution in [0.1, 0.15) is 0 Å². The molecule has 1 N–H and O–H groups in total. The monoisotopic (exact) mass is 400 g/mol. The van der Waals surface area contributed by atoms with Crippen LogP contribution >= 0.6 is 23.2 Å². The minimum absolute atomic E-state index is 0.139. The third-order valence-electron chi connectivity index (χ3n) is 3.64. The number of hydrogen-bond acceptors (Lipinski definition) is 4. The van der Waals surface area contributed by atoms with Gasteiger partial charge in [-0.1, -0.05) is 41.4 Å². The van der Waals surface area contributed by atoms with Gasteiger partial charge in [0.2, 0.25) is 10.0 Å². The molecule has 1 atom stereocenters. The number of hydrogen-bond donors (Lipinski definition) is 1. The Morgan fingerprint density at radius 3 is 2.64 bits per heavy atom. The van der Waals surface area contributed by atoms with Gasteiger partial charge in [0, 0.05) is 0 Å². The number of halogens is 2. The molecule has 0 bridgehead atoms. The van der Waals surface area contributed by atoms with Crippen LogP contribution < -0.4 is 14.4 Å². The van der Waals surface area contributed by atoms with E-state index in [4.69, 9.17) is 27.9 Å². The summed E-state index contributed by atoms with van der Waals surface area (Å²) in [5.41, 5.74) is 0.724. The van der Waals surface area contributed by atoms with Gasteiger partial charge in [0.1, 0.15) is 5.75 Å². The molecule has 0 aliphatic carbocycles. The maximum absolute atomic E-state index is 12.6. The lowest BCUT2D eigenvalue weighted by Gasteiger charge is -2.33. The molecule has 1 aliphatic rings. The summed E-state index contributed by atoms with van der Waals surface area (Å²) < 4.78 is 31.0. The van der Waals surface area contributed by atoms with Crippen molar-refractivity contribution in [2.45, 2.75) is 6.10 Å². The number of nitrogens with zero attached hydrogens (tertiary/aromatic N) is 1. The molecule has 6 nitrogen and oxygen atoms in total. The van der Waals surface area contributed by atoms with Crippen LogP contribution in [0.5, 0.6) is 5.75 Å². The number of anilines is 2. The summed E-state index contributed by atoms with van der Waals surface area (Å²) >= 11 is 12.0. The molecule has 0 fully saturated rings. The molecule has 0 saturated carbocycles. The van der Waals surface area contributed by atoms with Crippen molar-refractivity contribution in [3.05, 3.63) is 52.5 Å². The van der Waals surface area contributed by atoms with Crippen molar-refractivity contribution in [1.82, 2.24) is 0 Å². The van der Waals surface area contributed by atoms with Gasteiger partial charge in [0.25, 0.3) is 5.91 Å². The molecule has 132 valence electrons. The lowest BCUT2D eigenvalue weighted by molar-refractivity contribution is -0.122. The fourth-order valence-electron chi connectivity index (χ4n) is 2.47. The van der Waals surface area contributed by atoms with E-state index in [1.165, 1.54) is 0 Å². The predicted molar refractivity (Wildman–Crippen MR) is 98.1 cm³/mol. The van der Waals surface area contributed by atoms with Crippen molar-refractivity contribution in [2.24, 2.45) is 0 Å². The molecule has 0 spiro atoms. The van der Waals surface area contributed by atoms with Gasteiger partial charge in [0.05, 0.1) is 34.2 Å². The zero-order valence-corrected chi connectivity index (χ0v) is 15.4. The van der Waals surface area contributed by atoms with Crippen LogP contribution in [0, 0.1) is 0 Å². The number of benzene rings is 2. The first kappa shape index (κ1) is 17.8. The third-order valence-corrected chi connectivity index (χ3v) is 5.60. The lowest BCUT2D eigenvalue weighted by atomic mass is 10.2. The van der Waals surface area contributed by atoms with Crippen LogP contribution in [0.3, 0.4) is 0 Å². The van der Waals surface area contributed by atoms with Crippen molar-refractivity contribution < 1.29 is 17.9 Å². The van der Waals surface area contributed by atoms with Crippen molar-refractivity contribution in [3.63, 3.8) is 0 Å². The van der Waals surface area contributed by atoms with E-state index in [1.807, 2.05) is 0 Å². The Bertz CT molecular complexity index is 933. The molecule has 1 heterocycles. The van der Waals surface area contributed by atoms with Crippen molar-refractivity contribution in [3.8, 4) is 5.75 Å². The number of nitrogens with one attached hydrogen (secondary N) is 1. The second kappa shape index (κ2) is 6.74. The van der Waals surface area contributed by atoms with Gasteiger partial charge < -0.3 is 10.1 Å². The number of amides is 1. The van der Waals surface area contributed by atoms with E-state index in [0.29, 0.717) is 22.1 Å². The Kier molecular flexibility index (Phi) is 4.81. The zero-order chi connectivity index (χ0) is 18.2. The van der Waals surface area contributed by atoms with Gasteiger partial charge in [-0.05, 0) is 24.3 Å². The summed E-state index contributed by atoms with van der Waals surface area (Å²) in [5, 5.41) is 3.12. The van der Waals surface area contributed by atoms with Gasteiger partial charge >= 0.3 is 0 Å². The maximum atomic E-state index is 12.6. The highest BCUT2D eigenvalue weighted by Gasteiger charge is 2.35. The van der Waals surface area contributed by atoms with Crippen LogP contribution in [-0.4, -0.2) is 33.2 Å².